The first-order valence-corrected chi connectivity index (χ1v) is 6.68. The third-order valence-corrected chi connectivity index (χ3v) is 3.62. The largest absolute Gasteiger partial charge is 0.264 e. The summed E-state index contributed by atoms with van der Waals surface area (Å²) in [5.41, 5.74) is 4.88. The van der Waals surface area contributed by atoms with Crippen LogP contribution in [0.15, 0.2) is 24.5 Å². The third-order valence-electron chi connectivity index (χ3n) is 3.62. The molecule has 1 saturated heterocycles. The first-order valence-electron chi connectivity index (χ1n) is 6.68. The van der Waals surface area contributed by atoms with Crippen molar-refractivity contribution in [3.05, 3.63) is 30.1 Å². The van der Waals surface area contributed by atoms with Gasteiger partial charge in [0.1, 0.15) is 0 Å². The Hall–Kier alpha value is -0.930. The van der Waals surface area contributed by atoms with Crippen molar-refractivity contribution in [3.8, 4) is 0 Å². The molecule has 0 amide bonds. The highest BCUT2D eigenvalue weighted by Crippen LogP contribution is 2.19. The van der Waals surface area contributed by atoms with Gasteiger partial charge >= 0.3 is 0 Å². The Morgan fingerprint density at radius 1 is 1.35 bits per heavy atom. The van der Waals surface area contributed by atoms with E-state index in [4.69, 9.17) is 0 Å². The maximum absolute atomic E-state index is 4.14. The molecule has 1 fully saturated rings. The van der Waals surface area contributed by atoms with Crippen LogP contribution in [-0.2, 0) is 6.42 Å². The molecule has 3 nitrogen and oxygen atoms in total. The van der Waals surface area contributed by atoms with E-state index in [0.29, 0.717) is 12.1 Å². The smallest absolute Gasteiger partial charge is 0.0300 e. The van der Waals surface area contributed by atoms with Crippen molar-refractivity contribution in [2.24, 2.45) is 0 Å². The number of nitrogens with zero attached hydrogens (tertiary/aromatic N) is 2. The zero-order valence-electron chi connectivity index (χ0n) is 10.9. The van der Waals surface area contributed by atoms with Crippen molar-refractivity contribution in [3.63, 3.8) is 0 Å². The second kappa shape index (κ2) is 6.12. The Morgan fingerprint density at radius 3 is 2.76 bits per heavy atom. The molecule has 2 atom stereocenters. The van der Waals surface area contributed by atoms with Crippen LogP contribution in [0.1, 0.15) is 38.7 Å². The summed E-state index contributed by atoms with van der Waals surface area (Å²) >= 11 is 0. The predicted octanol–water partition coefficient (Wildman–Crippen LogP) is 2.39. The lowest BCUT2D eigenvalue weighted by Crippen LogP contribution is -2.52. The summed E-state index contributed by atoms with van der Waals surface area (Å²) in [6.07, 6.45) is 8.80. The third kappa shape index (κ3) is 3.51. The van der Waals surface area contributed by atoms with Gasteiger partial charge in [-0.1, -0.05) is 12.5 Å². The van der Waals surface area contributed by atoms with Crippen LogP contribution in [0.3, 0.4) is 0 Å². The highest BCUT2D eigenvalue weighted by molar-refractivity contribution is 5.08. The lowest BCUT2D eigenvalue weighted by Gasteiger charge is -2.39. The topological polar surface area (TPSA) is 28.2 Å². The van der Waals surface area contributed by atoms with E-state index in [1.54, 1.807) is 0 Å². The van der Waals surface area contributed by atoms with Gasteiger partial charge in [0.2, 0.25) is 0 Å². The fraction of sp³-hybridized carbons (Fsp3) is 0.643. The van der Waals surface area contributed by atoms with E-state index in [0.717, 1.165) is 13.0 Å². The fourth-order valence-corrected chi connectivity index (χ4v) is 2.61. The molecule has 0 radical (unpaired) electrons. The van der Waals surface area contributed by atoms with Crippen molar-refractivity contribution >= 4 is 0 Å². The standard InChI is InChI=1S/C14H23N3/c1-12-5-3-6-13(2)17(12)16-10-8-14-7-4-9-15-11-14/h4,7,9,11-13,16H,3,5-6,8,10H2,1-2H3. The van der Waals surface area contributed by atoms with Crippen molar-refractivity contribution in [1.82, 2.24) is 15.4 Å². The van der Waals surface area contributed by atoms with Gasteiger partial charge in [0.15, 0.2) is 0 Å². The Kier molecular flexibility index (Phi) is 4.51. The molecule has 17 heavy (non-hydrogen) atoms. The monoisotopic (exact) mass is 233 g/mol. The lowest BCUT2D eigenvalue weighted by molar-refractivity contribution is 0.0470. The Labute approximate surface area is 104 Å². The van der Waals surface area contributed by atoms with Crippen molar-refractivity contribution in [1.29, 1.82) is 0 Å². The summed E-state index contributed by atoms with van der Waals surface area (Å²) in [4.78, 5) is 4.14. The van der Waals surface area contributed by atoms with Crippen LogP contribution in [-0.4, -0.2) is 28.6 Å². The predicted molar refractivity (Wildman–Crippen MR) is 70.6 cm³/mol. The molecule has 1 aromatic rings. The Morgan fingerprint density at radius 2 is 2.12 bits per heavy atom. The van der Waals surface area contributed by atoms with Gasteiger partial charge in [-0.15, -0.1) is 0 Å². The Balaban J connectivity index is 1.77. The van der Waals surface area contributed by atoms with Gasteiger partial charge in [-0.05, 0) is 44.7 Å². The number of rotatable bonds is 4. The van der Waals surface area contributed by atoms with Gasteiger partial charge in [0.05, 0.1) is 0 Å². The minimum atomic E-state index is 0.660. The molecule has 2 rings (SSSR count). The average Bonchev–Trinajstić information content (AvgIpc) is 2.34. The summed E-state index contributed by atoms with van der Waals surface area (Å²) in [5, 5.41) is 2.43. The lowest BCUT2D eigenvalue weighted by atomic mass is 10.00. The highest BCUT2D eigenvalue weighted by Gasteiger charge is 2.23. The summed E-state index contributed by atoms with van der Waals surface area (Å²) in [6.45, 7) is 5.62. The van der Waals surface area contributed by atoms with Gasteiger partial charge in [-0.2, -0.15) is 0 Å². The normalized spacial score (nSPS) is 26.0. The second-order valence-electron chi connectivity index (χ2n) is 5.06. The molecular weight excluding hydrogens is 210 g/mol. The fourth-order valence-electron chi connectivity index (χ4n) is 2.61. The summed E-state index contributed by atoms with van der Waals surface area (Å²) in [5.74, 6) is 0. The van der Waals surface area contributed by atoms with Crippen molar-refractivity contribution in [2.75, 3.05) is 6.54 Å². The van der Waals surface area contributed by atoms with Crippen molar-refractivity contribution in [2.45, 2.75) is 51.6 Å². The van der Waals surface area contributed by atoms with Crippen LogP contribution >= 0.6 is 0 Å². The number of pyridine rings is 1. The molecule has 94 valence electrons. The van der Waals surface area contributed by atoms with Crippen LogP contribution in [0.25, 0.3) is 0 Å². The summed E-state index contributed by atoms with van der Waals surface area (Å²) in [6, 6.07) is 5.46. The minimum Gasteiger partial charge on any atom is -0.264 e. The van der Waals surface area contributed by atoms with E-state index in [2.05, 4.69) is 35.3 Å². The molecule has 2 unspecified atom stereocenters. The first kappa shape index (κ1) is 12.5. The van der Waals surface area contributed by atoms with Gasteiger partial charge in [-0.25, -0.2) is 5.01 Å². The van der Waals surface area contributed by atoms with Gasteiger partial charge in [0, 0.05) is 31.0 Å². The van der Waals surface area contributed by atoms with Crippen LogP contribution in [0.4, 0.5) is 0 Å². The molecule has 0 saturated carbocycles. The molecule has 0 bridgehead atoms. The van der Waals surface area contributed by atoms with Crippen LogP contribution < -0.4 is 5.43 Å². The SMILES string of the molecule is CC1CCCC(C)N1NCCc1cccnc1. The molecule has 0 aromatic carbocycles. The molecule has 0 aliphatic carbocycles. The number of aromatic nitrogens is 1. The Bertz CT molecular complexity index is 315. The van der Waals surface area contributed by atoms with Crippen LogP contribution in [0, 0.1) is 0 Å². The number of piperidine rings is 1. The quantitative estimate of drug-likeness (QED) is 0.865. The maximum atomic E-state index is 4.14. The van der Waals surface area contributed by atoms with Gasteiger partial charge in [-0.3, -0.25) is 10.4 Å². The molecule has 2 heterocycles. The van der Waals surface area contributed by atoms with Gasteiger partial charge < -0.3 is 0 Å². The summed E-state index contributed by atoms with van der Waals surface area (Å²) < 4.78 is 0. The first-order chi connectivity index (χ1) is 8.27. The maximum Gasteiger partial charge on any atom is 0.0300 e. The minimum absolute atomic E-state index is 0.660. The average molecular weight is 233 g/mol. The molecule has 0 spiro atoms. The van der Waals surface area contributed by atoms with E-state index in [-0.39, 0.29) is 0 Å². The van der Waals surface area contributed by atoms with Gasteiger partial charge in [0.25, 0.3) is 0 Å². The zero-order chi connectivity index (χ0) is 12.1. The van der Waals surface area contributed by atoms with Crippen molar-refractivity contribution < 1.29 is 0 Å². The molecule has 3 heteroatoms. The molecule has 1 aliphatic heterocycles. The highest BCUT2D eigenvalue weighted by atomic mass is 15.5. The second-order valence-corrected chi connectivity index (χ2v) is 5.06. The van der Waals surface area contributed by atoms with Crippen LogP contribution in [0.2, 0.25) is 0 Å². The number of hydrogen-bond acceptors (Lipinski definition) is 3. The van der Waals surface area contributed by atoms with E-state index < -0.39 is 0 Å². The van der Waals surface area contributed by atoms with E-state index in [1.807, 2.05) is 18.5 Å². The van der Waals surface area contributed by atoms with Crippen LogP contribution in [0.5, 0.6) is 0 Å². The number of nitrogens with one attached hydrogen (secondary N) is 1. The number of hydrogen-bond donors (Lipinski definition) is 1. The summed E-state index contributed by atoms with van der Waals surface area (Å²) in [7, 11) is 0. The molecule has 1 N–H and O–H groups in total. The van der Waals surface area contributed by atoms with E-state index in [9.17, 15) is 0 Å². The number of hydrazine groups is 1. The molecule has 1 aromatic heterocycles. The van der Waals surface area contributed by atoms with E-state index in [1.165, 1.54) is 24.8 Å². The molecular formula is C14H23N3. The molecule has 1 aliphatic rings. The van der Waals surface area contributed by atoms with E-state index >= 15 is 0 Å². The zero-order valence-corrected chi connectivity index (χ0v) is 10.9.